The highest BCUT2D eigenvalue weighted by atomic mass is 19.1. The van der Waals surface area contributed by atoms with E-state index in [1.54, 1.807) is 30.7 Å². The van der Waals surface area contributed by atoms with E-state index in [9.17, 15) is 13.6 Å². The van der Waals surface area contributed by atoms with Crippen molar-refractivity contribution < 1.29 is 13.6 Å². The zero-order valence-corrected chi connectivity index (χ0v) is 10.4. The van der Waals surface area contributed by atoms with E-state index in [1.807, 2.05) is 0 Å². The number of aromatic nitrogens is 1. The van der Waals surface area contributed by atoms with Gasteiger partial charge in [0.1, 0.15) is 11.6 Å². The van der Waals surface area contributed by atoms with Gasteiger partial charge in [-0.2, -0.15) is 5.10 Å². The first-order valence-corrected chi connectivity index (χ1v) is 6.10. The molecule has 0 fully saturated rings. The molecule has 0 saturated heterocycles. The number of halogens is 2. The molecular formula is C14H11F2N3O. The zero-order valence-electron chi connectivity index (χ0n) is 10.4. The molecule has 0 bridgehead atoms. The highest BCUT2D eigenvalue weighted by Crippen LogP contribution is 2.29. The molecular weight excluding hydrogens is 264 g/mol. The van der Waals surface area contributed by atoms with Crippen molar-refractivity contribution in [2.24, 2.45) is 5.10 Å². The van der Waals surface area contributed by atoms with Crippen molar-refractivity contribution in [2.75, 3.05) is 0 Å². The van der Waals surface area contributed by atoms with Crippen molar-refractivity contribution in [3.63, 3.8) is 0 Å². The van der Waals surface area contributed by atoms with Gasteiger partial charge in [0, 0.05) is 31.1 Å². The Labute approximate surface area is 113 Å². The van der Waals surface area contributed by atoms with Crippen molar-refractivity contribution in [3.05, 3.63) is 59.9 Å². The molecule has 0 saturated carbocycles. The molecule has 6 heteroatoms. The maximum absolute atomic E-state index is 13.3. The molecule has 102 valence electrons. The molecule has 2 heterocycles. The lowest BCUT2D eigenvalue weighted by Gasteiger charge is -2.22. The van der Waals surface area contributed by atoms with Gasteiger partial charge in [0.25, 0.3) is 0 Å². The third kappa shape index (κ3) is 2.20. The summed E-state index contributed by atoms with van der Waals surface area (Å²) < 4.78 is 28.0. The number of amides is 1. The number of rotatable bonds is 1. The molecule has 4 nitrogen and oxygen atoms in total. The van der Waals surface area contributed by atoms with Crippen molar-refractivity contribution in [1.29, 1.82) is 0 Å². The number of hydrogen-bond donors (Lipinski definition) is 0. The lowest BCUT2D eigenvalue weighted by Crippen LogP contribution is -2.30. The van der Waals surface area contributed by atoms with Crippen molar-refractivity contribution in [1.82, 2.24) is 9.58 Å². The predicted molar refractivity (Wildman–Crippen MR) is 69.3 cm³/mol. The molecule has 1 aliphatic rings. The van der Waals surface area contributed by atoms with Gasteiger partial charge >= 0.3 is 6.03 Å². The number of hydrazone groups is 1. The first-order valence-electron chi connectivity index (χ1n) is 6.10. The Kier molecular flexibility index (Phi) is 3.06. The van der Waals surface area contributed by atoms with Crippen molar-refractivity contribution >= 4 is 12.2 Å². The lowest BCUT2D eigenvalue weighted by atomic mass is 10.0. The van der Waals surface area contributed by atoms with Gasteiger partial charge < -0.3 is 0 Å². The highest BCUT2D eigenvalue weighted by Gasteiger charge is 2.29. The Morgan fingerprint density at radius 1 is 1.15 bits per heavy atom. The van der Waals surface area contributed by atoms with Crippen LogP contribution in [0.3, 0.4) is 0 Å². The lowest BCUT2D eigenvalue weighted by molar-refractivity contribution is 0.187. The summed E-state index contributed by atoms with van der Waals surface area (Å²) in [5.41, 5.74) is 0.389. The molecule has 0 aliphatic carbocycles. The average Bonchev–Trinajstić information content (AvgIpc) is 3.08. The summed E-state index contributed by atoms with van der Waals surface area (Å²) in [5, 5.41) is 5.23. The van der Waals surface area contributed by atoms with Gasteiger partial charge in [-0.05, 0) is 29.8 Å². The zero-order chi connectivity index (χ0) is 14.1. The monoisotopic (exact) mass is 275 g/mol. The van der Waals surface area contributed by atoms with Crippen LogP contribution in [-0.2, 0) is 0 Å². The van der Waals surface area contributed by atoms with Crippen LogP contribution in [0.15, 0.2) is 47.8 Å². The van der Waals surface area contributed by atoms with Gasteiger partial charge in [-0.1, -0.05) is 0 Å². The van der Waals surface area contributed by atoms with Gasteiger partial charge in [-0.3, -0.25) is 4.57 Å². The Morgan fingerprint density at radius 2 is 1.80 bits per heavy atom. The normalized spacial score (nSPS) is 17.7. The predicted octanol–water partition coefficient (Wildman–Crippen LogP) is 3.17. The van der Waals surface area contributed by atoms with Gasteiger partial charge in [-0.15, -0.1) is 0 Å². The summed E-state index contributed by atoms with van der Waals surface area (Å²) in [6, 6.07) is 5.82. The van der Waals surface area contributed by atoms with Crippen LogP contribution in [0.5, 0.6) is 0 Å². The molecule has 1 amide bonds. The molecule has 1 unspecified atom stereocenters. The number of carbonyl (C=O) groups is 1. The molecule has 0 N–H and O–H groups in total. The SMILES string of the molecule is O=C(N1N=CCC1c1cc(F)cc(F)c1)n1cccc1. The summed E-state index contributed by atoms with van der Waals surface area (Å²) in [7, 11) is 0. The fraction of sp³-hybridized carbons (Fsp3) is 0.143. The molecule has 20 heavy (non-hydrogen) atoms. The molecule has 1 aliphatic heterocycles. The smallest absolute Gasteiger partial charge is 0.275 e. The van der Waals surface area contributed by atoms with Crippen LogP contribution >= 0.6 is 0 Å². The van der Waals surface area contributed by atoms with E-state index in [4.69, 9.17) is 0 Å². The standard InChI is InChI=1S/C14H11F2N3O/c15-11-7-10(8-12(16)9-11)13-3-4-17-19(13)14(20)18-5-1-2-6-18/h1-2,4-9,13H,3H2. The second-order valence-electron chi connectivity index (χ2n) is 4.47. The summed E-state index contributed by atoms with van der Waals surface area (Å²) in [6.45, 7) is 0. The average molecular weight is 275 g/mol. The first-order chi connectivity index (χ1) is 9.65. The van der Waals surface area contributed by atoms with Gasteiger partial charge in [-0.25, -0.2) is 18.6 Å². The number of benzene rings is 1. The Morgan fingerprint density at radius 3 is 2.45 bits per heavy atom. The van der Waals surface area contributed by atoms with Crippen LogP contribution in [0, 0.1) is 11.6 Å². The molecule has 0 spiro atoms. The van der Waals surface area contributed by atoms with E-state index in [2.05, 4.69) is 5.10 Å². The highest BCUT2D eigenvalue weighted by molar-refractivity contribution is 5.80. The molecule has 1 atom stereocenters. The number of nitrogens with zero attached hydrogens (tertiary/aromatic N) is 3. The van der Waals surface area contributed by atoms with E-state index in [-0.39, 0.29) is 6.03 Å². The first kappa shape index (κ1) is 12.5. The Bertz CT molecular complexity index is 647. The third-order valence-electron chi connectivity index (χ3n) is 3.12. The van der Waals surface area contributed by atoms with Gasteiger partial charge in [0.05, 0.1) is 6.04 Å². The van der Waals surface area contributed by atoms with Crippen LogP contribution in [0.2, 0.25) is 0 Å². The number of carbonyl (C=O) groups excluding carboxylic acids is 1. The number of hydrogen-bond acceptors (Lipinski definition) is 2. The van der Waals surface area contributed by atoms with Gasteiger partial charge in [0.15, 0.2) is 0 Å². The maximum Gasteiger partial charge on any atom is 0.349 e. The fourth-order valence-electron chi connectivity index (χ4n) is 2.22. The molecule has 0 radical (unpaired) electrons. The van der Waals surface area contributed by atoms with Crippen molar-refractivity contribution in [3.8, 4) is 0 Å². The minimum Gasteiger partial charge on any atom is -0.275 e. The molecule has 1 aromatic heterocycles. The van der Waals surface area contributed by atoms with Crippen LogP contribution in [-0.4, -0.2) is 21.8 Å². The topological polar surface area (TPSA) is 37.6 Å². The van der Waals surface area contributed by atoms with E-state index in [0.29, 0.717) is 12.0 Å². The Balaban J connectivity index is 1.92. The summed E-state index contributed by atoms with van der Waals surface area (Å²) in [5.74, 6) is -1.33. The van der Waals surface area contributed by atoms with E-state index in [1.165, 1.54) is 21.7 Å². The van der Waals surface area contributed by atoms with Crippen LogP contribution < -0.4 is 0 Å². The summed E-state index contributed by atoms with van der Waals surface area (Å²) in [6.07, 6.45) is 5.18. The van der Waals surface area contributed by atoms with E-state index < -0.39 is 17.7 Å². The maximum atomic E-state index is 13.3. The largest absolute Gasteiger partial charge is 0.349 e. The van der Waals surface area contributed by atoms with Crippen LogP contribution in [0.25, 0.3) is 0 Å². The van der Waals surface area contributed by atoms with Gasteiger partial charge in [0.2, 0.25) is 0 Å². The van der Waals surface area contributed by atoms with E-state index in [0.717, 1.165) is 6.07 Å². The molecule has 2 aromatic rings. The molecule has 1 aromatic carbocycles. The second kappa shape index (κ2) is 4.88. The van der Waals surface area contributed by atoms with E-state index >= 15 is 0 Å². The fourth-order valence-corrected chi connectivity index (χ4v) is 2.22. The van der Waals surface area contributed by atoms with Crippen LogP contribution in [0.4, 0.5) is 13.6 Å². The Hall–Kier alpha value is -2.50. The second-order valence-corrected chi connectivity index (χ2v) is 4.47. The molecule has 3 rings (SSSR count). The minimum absolute atomic E-state index is 0.363. The summed E-state index contributed by atoms with van der Waals surface area (Å²) >= 11 is 0. The van der Waals surface area contributed by atoms with Crippen molar-refractivity contribution in [2.45, 2.75) is 12.5 Å². The minimum atomic E-state index is -0.666. The quantitative estimate of drug-likeness (QED) is 0.787. The third-order valence-corrected chi connectivity index (χ3v) is 3.12. The summed E-state index contributed by atoms with van der Waals surface area (Å²) in [4.78, 5) is 12.2. The van der Waals surface area contributed by atoms with Crippen LogP contribution in [0.1, 0.15) is 18.0 Å².